The highest BCUT2D eigenvalue weighted by molar-refractivity contribution is 6.02. The second kappa shape index (κ2) is 4.41. The van der Waals surface area contributed by atoms with Crippen molar-refractivity contribution in [2.24, 2.45) is 5.73 Å². The summed E-state index contributed by atoms with van der Waals surface area (Å²) in [5.41, 5.74) is 5.43. The first-order valence-electron chi connectivity index (χ1n) is 4.15. The van der Waals surface area contributed by atoms with Gasteiger partial charge in [-0.3, -0.25) is 10.7 Å². The molecule has 5 nitrogen and oxygen atoms in total. The Hall–Kier alpha value is -2.11. The molecule has 0 unspecified atom stereocenters. The van der Waals surface area contributed by atoms with Crippen LogP contribution in [0.3, 0.4) is 0 Å². The van der Waals surface area contributed by atoms with Crippen molar-refractivity contribution in [3.8, 4) is 0 Å². The van der Waals surface area contributed by atoms with Crippen molar-refractivity contribution in [2.45, 2.75) is 0 Å². The summed E-state index contributed by atoms with van der Waals surface area (Å²) in [5, 5.41) is 9.55. The standard InChI is InChI=1S/C9H11FN4O/c1-14(8(11)13-9(12)15)7-4-2-6(10)3-5-7/h2-5H,1H3,(H4,11,12,13,15). The fourth-order valence-electron chi connectivity index (χ4n) is 0.994. The van der Waals surface area contributed by atoms with E-state index in [4.69, 9.17) is 11.1 Å². The maximum atomic E-state index is 12.6. The van der Waals surface area contributed by atoms with Gasteiger partial charge in [0.05, 0.1) is 0 Å². The number of urea groups is 1. The number of anilines is 1. The quantitative estimate of drug-likeness (QED) is 0.474. The molecular formula is C9H11FN4O. The predicted molar refractivity (Wildman–Crippen MR) is 55.2 cm³/mol. The lowest BCUT2D eigenvalue weighted by atomic mass is 10.3. The van der Waals surface area contributed by atoms with E-state index in [-0.39, 0.29) is 11.8 Å². The summed E-state index contributed by atoms with van der Waals surface area (Å²) >= 11 is 0. The fourth-order valence-corrected chi connectivity index (χ4v) is 0.994. The van der Waals surface area contributed by atoms with Gasteiger partial charge in [-0.1, -0.05) is 0 Å². The van der Waals surface area contributed by atoms with Gasteiger partial charge in [0.1, 0.15) is 5.82 Å². The van der Waals surface area contributed by atoms with Gasteiger partial charge in [-0.15, -0.1) is 0 Å². The van der Waals surface area contributed by atoms with Crippen LogP contribution < -0.4 is 16.0 Å². The molecule has 0 saturated carbocycles. The normalized spacial score (nSPS) is 9.47. The lowest BCUT2D eigenvalue weighted by molar-refractivity contribution is 0.253. The molecule has 15 heavy (non-hydrogen) atoms. The van der Waals surface area contributed by atoms with E-state index in [1.54, 1.807) is 7.05 Å². The second-order valence-electron chi connectivity index (χ2n) is 2.87. The van der Waals surface area contributed by atoms with Crippen molar-refractivity contribution in [2.75, 3.05) is 11.9 Å². The number of hydrogen-bond acceptors (Lipinski definition) is 2. The third-order valence-corrected chi connectivity index (χ3v) is 1.79. The van der Waals surface area contributed by atoms with E-state index in [1.165, 1.54) is 29.2 Å². The highest BCUT2D eigenvalue weighted by Crippen LogP contribution is 2.12. The zero-order valence-electron chi connectivity index (χ0n) is 8.12. The van der Waals surface area contributed by atoms with E-state index in [0.29, 0.717) is 5.69 Å². The van der Waals surface area contributed by atoms with Crippen molar-refractivity contribution >= 4 is 17.7 Å². The van der Waals surface area contributed by atoms with Gasteiger partial charge in [0.2, 0.25) is 5.96 Å². The SMILES string of the molecule is CN(C(=N)NC(N)=O)c1ccc(F)cc1. The van der Waals surface area contributed by atoms with Crippen LogP contribution in [0.5, 0.6) is 0 Å². The Labute approximate surface area is 86.2 Å². The molecule has 0 aliphatic rings. The van der Waals surface area contributed by atoms with Crippen LogP contribution in [0.2, 0.25) is 0 Å². The molecule has 0 aliphatic heterocycles. The largest absolute Gasteiger partial charge is 0.351 e. The Morgan fingerprint density at radius 3 is 2.47 bits per heavy atom. The third kappa shape index (κ3) is 2.94. The summed E-state index contributed by atoms with van der Waals surface area (Å²) in [5.74, 6) is -0.532. The number of rotatable bonds is 1. The van der Waals surface area contributed by atoms with E-state index in [2.05, 4.69) is 5.32 Å². The first kappa shape index (κ1) is 11.0. The lowest BCUT2D eigenvalue weighted by Gasteiger charge is -2.19. The number of nitrogens with one attached hydrogen (secondary N) is 2. The molecule has 1 aromatic rings. The average molecular weight is 210 g/mol. The second-order valence-corrected chi connectivity index (χ2v) is 2.87. The molecule has 80 valence electrons. The Balaban J connectivity index is 2.76. The molecule has 0 radical (unpaired) electrons. The van der Waals surface area contributed by atoms with E-state index in [9.17, 15) is 9.18 Å². The van der Waals surface area contributed by atoms with Crippen LogP contribution in [0.1, 0.15) is 0 Å². The third-order valence-electron chi connectivity index (χ3n) is 1.79. The number of halogens is 1. The minimum absolute atomic E-state index is 0.172. The smallest absolute Gasteiger partial charge is 0.318 e. The van der Waals surface area contributed by atoms with Crippen LogP contribution in [0.4, 0.5) is 14.9 Å². The molecule has 6 heteroatoms. The summed E-state index contributed by atoms with van der Waals surface area (Å²) in [6.07, 6.45) is 0. The topological polar surface area (TPSA) is 82.2 Å². The summed E-state index contributed by atoms with van der Waals surface area (Å²) in [7, 11) is 1.56. The summed E-state index contributed by atoms with van der Waals surface area (Å²) in [6.45, 7) is 0. The molecule has 1 rings (SSSR count). The molecule has 1 aromatic carbocycles. The van der Waals surface area contributed by atoms with Gasteiger partial charge in [0.25, 0.3) is 0 Å². The predicted octanol–water partition coefficient (Wildman–Crippen LogP) is 0.865. The molecule has 0 spiro atoms. The number of nitrogens with zero attached hydrogens (tertiary/aromatic N) is 1. The number of carbonyl (C=O) groups is 1. The highest BCUT2D eigenvalue weighted by Gasteiger charge is 2.08. The van der Waals surface area contributed by atoms with Crippen LogP contribution in [0.15, 0.2) is 24.3 Å². The Kier molecular flexibility index (Phi) is 3.22. The van der Waals surface area contributed by atoms with Gasteiger partial charge in [0.15, 0.2) is 0 Å². The number of amides is 2. The maximum absolute atomic E-state index is 12.6. The molecule has 0 bridgehead atoms. The van der Waals surface area contributed by atoms with Crippen molar-refractivity contribution in [1.29, 1.82) is 5.41 Å². The summed E-state index contributed by atoms with van der Waals surface area (Å²) < 4.78 is 12.6. The molecule has 0 fully saturated rings. The molecule has 0 aromatic heterocycles. The average Bonchev–Trinajstić information content (AvgIpc) is 2.17. The van der Waals surface area contributed by atoms with Crippen molar-refractivity contribution in [1.82, 2.24) is 5.32 Å². The van der Waals surface area contributed by atoms with Gasteiger partial charge in [-0.05, 0) is 24.3 Å². The van der Waals surface area contributed by atoms with Crippen LogP contribution in [-0.4, -0.2) is 19.0 Å². The minimum Gasteiger partial charge on any atom is -0.351 e. The van der Waals surface area contributed by atoms with Crippen LogP contribution in [0.25, 0.3) is 0 Å². The van der Waals surface area contributed by atoms with Crippen LogP contribution in [-0.2, 0) is 0 Å². The Morgan fingerprint density at radius 2 is 2.00 bits per heavy atom. The monoisotopic (exact) mass is 210 g/mol. The summed E-state index contributed by atoms with van der Waals surface area (Å²) in [6, 6.07) is 4.71. The molecule has 0 saturated heterocycles. The van der Waals surface area contributed by atoms with Crippen molar-refractivity contribution in [3.63, 3.8) is 0 Å². The zero-order valence-corrected chi connectivity index (χ0v) is 8.12. The maximum Gasteiger partial charge on any atom is 0.318 e. The summed E-state index contributed by atoms with van der Waals surface area (Å²) in [4.78, 5) is 11.8. The minimum atomic E-state index is -0.811. The van der Waals surface area contributed by atoms with Gasteiger partial charge in [0, 0.05) is 12.7 Å². The first-order valence-corrected chi connectivity index (χ1v) is 4.15. The van der Waals surface area contributed by atoms with E-state index < -0.39 is 6.03 Å². The van der Waals surface area contributed by atoms with E-state index in [0.717, 1.165) is 0 Å². The first-order chi connectivity index (χ1) is 7.00. The zero-order chi connectivity index (χ0) is 11.4. The van der Waals surface area contributed by atoms with E-state index >= 15 is 0 Å². The number of benzene rings is 1. The van der Waals surface area contributed by atoms with Crippen LogP contribution in [0, 0.1) is 11.2 Å². The number of carbonyl (C=O) groups excluding carboxylic acids is 1. The highest BCUT2D eigenvalue weighted by atomic mass is 19.1. The Morgan fingerprint density at radius 1 is 1.47 bits per heavy atom. The Bertz CT molecular complexity index is 376. The van der Waals surface area contributed by atoms with E-state index in [1.807, 2.05) is 0 Å². The number of nitrogens with two attached hydrogens (primary N) is 1. The molecule has 0 aliphatic carbocycles. The van der Waals surface area contributed by atoms with Crippen molar-refractivity contribution in [3.05, 3.63) is 30.1 Å². The van der Waals surface area contributed by atoms with Crippen LogP contribution >= 0.6 is 0 Å². The molecule has 0 atom stereocenters. The molecular weight excluding hydrogens is 199 g/mol. The van der Waals surface area contributed by atoms with Gasteiger partial charge < -0.3 is 10.6 Å². The van der Waals surface area contributed by atoms with Gasteiger partial charge in [-0.2, -0.15) is 0 Å². The number of primary amides is 1. The van der Waals surface area contributed by atoms with Gasteiger partial charge in [-0.25, -0.2) is 9.18 Å². The van der Waals surface area contributed by atoms with Gasteiger partial charge >= 0.3 is 6.03 Å². The number of guanidine groups is 1. The molecule has 2 amide bonds. The lowest BCUT2D eigenvalue weighted by Crippen LogP contribution is -2.43. The van der Waals surface area contributed by atoms with Crippen molar-refractivity contribution < 1.29 is 9.18 Å². The molecule has 0 heterocycles. The molecule has 4 N–H and O–H groups in total. The number of hydrogen-bond donors (Lipinski definition) is 3. The fraction of sp³-hybridized carbons (Fsp3) is 0.111.